The molecule has 23 heavy (non-hydrogen) atoms. The fourth-order valence-corrected chi connectivity index (χ4v) is 2.77. The van der Waals surface area contributed by atoms with E-state index in [1.54, 1.807) is 18.5 Å². The second-order valence-corrected chi connectivity index (χ2v) is 6.59. The highest BCUT2D eigenvalue weighted by Crippen LogP contribution is 2.16. The van der Waals surface area contributed by atoms with Crippen LogP contribution >= 0.6 is 0 Å². The largest absolute Gasteiger partial charge is 0.385 e. The van der Waals surface area contributed by atoms with Gasteiger partial charge in [0.05, 0.1) is 0 Å². The molecule has 0 unspecified atom stereocenters. The van der Waals surface area contributed by atoms with E-state index in [4.69, 9.17) is 0 Å². The summed E-state index contributed by atoms with van der Waals surface area (Å²) in [5.41, 5.74) is 0. The van der Waals surface area contributed by atoms with Crippen molar-refractivity contribution >= 4 is 0 Å². The molecule has 0 radical (unpaired) electrons. The molecule has 5 nitrogen and oxygen atoms in total. The monoisotopic (exact) mass is 325 g/mol. The van der Waals surface area contributed by atoms with E-state index in [0.29, 0.717) is 11.6 Å². The highest BCUT2D eigenvalue weighted by molar-refractivity contribution is 4.97. The smallest absolute Gasteiger partial charge is 0.179 e. The first-order valence-corrected chi connectivity index (χ1v) is 9.37. The molecule has 1 aromatic rings. The van der Waals surface area contributed by atoms with Gasteiger partial charge in [-0.05, 0) is 20.3 Å². The third-order valence-corrected chi connectivity index (χ3v) is 4.19. The van der Waals surface area contributed by atoms with Gasteiger partial charge in [-0.2, -0.15) is 5.10 Å². The zero-order valence-electron chi connectivity index (χ0n) is 15.2. The van der Waals surface area contributed by atoms with Gasteiger partial charge in [0.25, 0.3) is 0 Å². The van der Waals surface area contributed by atoms with Crippen molar-refractivity contribution in [3.63, 3.8) is 0 Å². The number of hydrogen-bond donors (Lipinski definition) is 2. The van der Waals surface area contributed by atoms with E-state index in [1.165, 1.54) is 57.8 Å². The van der Waals surface area contributed by atoms with E-state index in [-0.39, 0.29) is 0 Å². The first-order valence-electron chi connectivity index (χ1n) is 9.37. The summed E-state index contributed by atoms with van der Waals surface area (Å²) in [6, 6.07) is 0. The number of aliphatic hydroxyl groups is 2. The van der Waals surface area contributed by atoms with Crippen molar-refractivity contribution in [2.75, 3.05) is 0 Å². The molecular formula is C18H35N3O2. The summed E-state index contributed by atoms with van der Waals surface area (Å²) in [5.74, 6) is 0.949. The van der Waals surface area contributed by atoms with Gasteiger partial charge in [0, 0.05) is 6.54 Å². The lowest BCUT2D eigenvalue weighted by molar-refractivity contribution is 0.180. The third kappa shape index (κ3) is 7.93. The van der Waals surface area contributed by atoms with E-state index in [0.717, 1.165) is 13.0 Å². The average molecular weight is 325 g/mol. The second-order valence-electron chi connectivity index (χ2n) is 6.59. The van der Waals surface area contributed by atoms with Crippen LogP contribution < -0.4 is 0 Å². The van der Waals surface area contributed by atoms with E-state index in [1.807, 2.05) is 0 Å². The second kappa shape index (κ2) is 11.6. The maximum absolute atomic E-state index is 9.76. The normalized spacial score (nSPS) is 14.1. The molecule has 0 saturated heterocycles. The fraction of sp³-hybridized carbons (Fsp3) is 0.889. The van der Waals surface area contributed by atoms with Crippen molar-refractivity contribution in [3.8, 4) is 0 Å². The molecule has 0 spiro atoms. The molecule has 0 aliphatic heterocycles. The highest BCUT2D eigenvalue weighted by atomic mass is 16.3. The van der Waals surface area contributed by atoms with Crippen LogP contribution in [0.5, 0.6) is 0 Å². The van der Waals surface area contributed by atoms with Crippen LogP contribution in [0, 0.1) is 0 Å². The Bertz CT molecular complexity index is 416. The summed E-state index contributed by atoms with van der Waals surface area (Å²) in [6.45, 7) is 6.34. The van der Waals surface area contributed by atoms with E-state index >= 15 is 0 Å². The SMILES string of the molecule is CCCCCCCCCCCCn1nc([C@H](C)O)nc1[C@H](C)O. The molecule has 0 fully saturated rings. The molecule has 1 heterocycles. The summed E-state index contributed by atoms with van der Waals surface area (Å²) >= 11 is 0. The Labute approximate surface area is 141 Å². The lowest BCUT2D eigenvalue weighted by atomic mass is 10.1. The van der Waals surface area contributed by atoms with Crippen LogP contribution in [0.4, 0.5) is 0 Å². The summed E-state index contributed by atoms with van der Waals surface area (Å²) < 4.78 is 1.75. The first-order chi connectivity index (χ1) is 11.1. The number of rotatable bonds is 13. The van der Waals surface area contributed by atoms with Crippen LogP contribution in [0.25, 0.3) is 0 Å². The third-order valence-electron chi connectivity index (χ3n) is 4.19. The molecule has 2 N–H and O–H groups in total. The van der Waals surface area contributed by atoms with Gasteiger partial charge in [-0.3, -0.25) is 0 Å². The Kier molecular flexibility index (Phi) is 10.1. The zero-order chi connectivity index (χ0) is 17.1. The van der Waals surface area contributed by atoms with Crippen LogP contribution in [-0.4, -0.2) is 25.0 Å². The molecule has 5 heteroatoms. The van der Waals surface area contributed by atoms with Crippen molar-refractivity contribution in [1.82, 2.24) is 14.8 Å². The molecule has 134 valence electrons. The summed E-state index contributed by atoms with van der Waals surface area (Å²) in [6.07, 6.45) is 11.6. The number of aryl methyl sites for hydroxylation is 1. The number of aromatic nitrogens is 3. The minimum Gasteiger partial charge on any atom is -0.385 e. The molecular weight excluding hydrogens is 290 g/mol. The Hall–Kier alpha value is -0.940. The van der Waals surface area contributed by atoms with Crippen LogP contribution in [0.15, 0.2) is 0 Å². The topological polar surface area (TPSA) is 71.2 Å². The van der Waals surface area contributed by atoms with E-state index < -0.39 is 12.2 Å². The molecule has 2 atom stereocenters. The molecule has 0 amide bonds. The maximum Gasteiger partial charge on any atom is 0.179 e. The minimum absolute atomic E-state index is 0.396. The number of nitrogens with zero attached hydrogens (tertiary/aromatic N) is 3. The van der Waals surface area contributed by atoms with Gasteiger partial charge in [0.1, 0.15) is 12.2 Å². The summed E-state index contributed by atoms with van der Waals surface area (Å²) in [7, 11) is 0. The zero-order valence-corrected chi connectivity index (χ0v) is 15.2. The van der Waals surface area contributed by atoms with Crippen LogP contribution in [0.3, 0.4) is 0 Å². The maximum atomic E-state index is 9.76. The predicted molar refractivity (Wildman–Crippen MR) is 93.1 cm³/mol. The van der Waals surface area contributed by atoms with Gasteiger partial charge in [-0.15, -0.1) is 0 Å². The number of aliphatic hydroxyl groups excluding tert-OH is 2. The highest BCUT2D eigenvalue weighted by Gasteiger charge is 2.16. The van der Waals surface area contributed by atoms with Gasteiger partial charge in [-0.25, -0.2) is 9.67 Å². The molecule has 0 bridgehead atoms. The molecule has 0 aliphatic carbocycles. The van der Waals surface area contributed by atoms with E-state index in [2.05, 4.69) is 17.0 Å². The lowest BCUT2D eigenvalue weighted by Gasteiger charge is -2.07. The van der Waals surface area contributed by atoms with Crippen LogP contribution in [-0.2, 0) is 6.54 Å². The molecule has 0 saturated carbocycles. The molecule has 1 rings (SSSR count). The molecule has 1 aromatic heterocycles. The predicted octanol–water partition coefficient (Wildman–Crippen LogP) is 4.31. The Morgan fingerprint density at radius 2 is 1.35 bits per heavy atom. The average Bonchev–Trinajstić information content (AvgIpc) is 2.94. The number of unbranched alkanes of at least 4 members (excludes halogenated alkanes) is 9. The Morgan fingerprint density at radius 1 is 0.826 bits per heavy atom. The van der Waals surface area contributed by atoms with Gasteiger partial charge < -0.3 is 10.2 Å². The van der Waals surface area contributed by atoms with Crippen LogP contribution in [0.1, 0.15) is 109 Å². The van der Waals surface area contributed by atoms with Crippen molar-refractivity contribution in [3.05, 3.63) is 11.6 Å². The standard InChI is InChI=1S/C18H35N3O2/c1-4-5-6-7-8-9-10-11-12-13-14-21-18(16(3)23)19-17(20-21)15(2)22/h15-16,22-23H,4-14H2,1-3H3/t15-,16-/m0/s1. The van der Waals surface area contributed by atoms with Crippen LogP contribution in [0.2, 0.25) is 0 Å². The quantitative estimate of drug-likeness (QED) is 0.530. The summed E-state index contributed by atoms with van der Waals surface area (Å²) in [5, 5.41) is 23.6. The fourth-order valence-electron chi connectivity index (χ4n) is 2.77. The lowest BCUT2D eigenvalue weighted by Crippen LogP contribution is -2.08. The first kappa shape index (κ1) is 20.1. The van der Waals surface area contributed by atoms with Gasteiger partial charge >= 0.3 is 0 Å². The van der Waals surface area contributed by atoms with Gasteiger partial charge in [0.15, 0.2) is 11.6 Å². The van der Waals surface area contributed by atoms with Crippen molar-refractivity contribution in [2.24, 2.45) is 0 Å². The minimum atomic E-state index is -0.693. The van der Waals surface area contributed by atoms with Gasteiger partial charge in [0.2, 0.25) is 0 Å². The molecule has 0 aliphatic rings. The van der Waals surface area contributed by atoms with E-state index in [9.17, 15) is 10.2 Å². The van der Waals surface area contributed by atoms with Gasteiger partial charge in [-0.1, -0.05) is 64.7 Å². The molecule has 0 aromatic carbocycles. The Balaban J connectivity index is 2.18. The Morgan fingerprint density at radius 3 is 1.83 bits per heavy atom. The van der Waals surface area contributed by atoms with Crippen molar-refractivity contribution in [1.29, 1.82) is 0 Å². The van der Waals surface area contributed by atoms with Crippen molar-refractivity contribution in [2.45, 2.75) is 104 Å². The van der Waals surface area contributed by atoms with Crippen molar-refractivity contribution < 1.29 is 10.2 Å². The summed E-state index contributed by atoms with van der Waals surface area (Å²) in [4.78, 5) is 4.22. The number of hydrogen-bond acceptors (Lipinski definition) is 4.